The monoisotopic (exact) mass is 213 g/mol. The summed E-state index contributed by atoms with van der Waals surface area (Å²) in [6, 6.07) is 0. The molecule has 0 aromatic heterocycles. The first-order valence-electron chi connectivity index (χ1n) is 5.86. The Morgan fingerprint density at radius 1 is 1.47 bits per heavy atom. The Balaban J connectivity index is 2.30. The van der Waals surface area contributed by atoms with Gasteiger partial charge in [-0.1, -0.05) is 13.8 Å². The maximum absolute atomic E-state index is 11.7. The Morgan fingerprint density at radius 3 is 2.47 bits per heavy atom. The SMILES string of the molecule is CC(O)CNC(=O)C1CCC(C)(C)CC1. The van der Waals surface area contributed by atoms with Crippen molar-refractivity contribution >= 4 is 5.91 Å². The van der Waals surface area contributed by atoms with E-state index < -0.39 is 6.10 Å². The molecular weight excluding hydrogens is 190 g/mol. The van der Waals surface area contributed by atoms with Crippen molar-refractivity contribution in [2.24, 2.45) is 11.3 Å². The molecule has 0 saturated heterocycles. The lowest BCUT2D eigenvalue weighted by Crippen LogP contribution is -2.37. The molecule has 15 heavy (non-hydrogen) atoms. The van der Waals surface area contributed by atoms with E-state index in [1.54, 1.807) is 6.92 Å². The quantitative estimate of drug-likeness (QED) is 0.749. The molecule has 0 aromatic rings. The van der Waals surface area contributed by atoms with E-state index in [1.807, 2.05) is 0 Å². The highest BCUT2D eigenvalue weighted by molar-refractivity contribution is 5.78. The van der Waals surface area contributed by atoms with Crippen molar-refractivity contribution in [3.05, 3.63) is 0 Å². The molecule has 1 saturated carbocycles. The Labute approximate surface area is 92.3 Å². The number of carbonyl (C=O) groups excluding carboxylic acids is 1. The van der Waals surface area contributed by atoms with Gasteiger partial charge in [0.1, 0.15) is 0 Å². The van der Waals surface area contributed by atoms with E-state index in [1.165, 1.54) is 0 Å². The zero-order chi connectivity index (χ0) is 11.5. The van der Waals surface area contributed by atoms with E-state index in [0.29, 0.717) is 12.0 Å². The third kappa shape index (κ3) is 4.20. The number of amides is 1. The van der Waals surface area contributed by atoms with Gasteiger partial charge in [-0.25, -0.2) is 0 Å². The fourth-order valence-corrected chi connectivity index (χ4v) is 2.05. The first-order chi connectivity index (χ1) is 6.91. The molecule has 1 unspecified atom stereocenters. The van der Waals surface area contributed by atoms with E-state index in [9.17, 15) is 4.79 Å². The molecule has 0 bridgehead atoms. The van der Waals surface area contributed by atoms with Crippen molar-refractivity contribution < 1.29 is 9.90 Å². The third-order valence-corrected chi connectivity index (χ3v) is 3.28. The maximum Gasteiger partial charge on any atom is 0.223 e. The van der Waals surface area contributed by atoms with Gasteiger partial charge in [0.25, 0.3) is 0 Å². The van der Waals surface area contributed by atoms with Crippen LogP contribution in [0.4, 0.5) is 0 Å². The van der Waals surface area contributed by atoms with Crippen LogP contribution < -0.4 is 5.32 Å². The number of hydrogen-bond acceptors (Lipinski definition) is 2. The lowest BCUT2D eigenvalue weighted by Gasteiger charge is -2.33. The second-order valence-corrected chi connectivity index (χ2v) is 5.53. The van der Waals surface area contributed by atoms with Gasteiger partial charge < -0.3 is 10.4 Å². The molecule has 1 fully saturated rings. The van der Waals surface area contributed by atoms with Crippen LogP contribution in [0.15, 0.2) is 0 Å². The second-order valence-electron chi connectivity index (χ2n) is 5.53. The highest BCUT2D eigenvalue weighted by Gasteiger charge is 2.30. The molecule has 0 heterocycles. The van der Waals surface area contributed by atoms with Gasteiger partial charge >= 0.3 is 0 Å². The standard InChI is InChI=1S/C12H23NO2/c1-9(14)8-13-11(15)10-4-6-12(2,3)7-5-10/h9-10,14H,4-8H2,1-3H3,(H,13,15). The van der Waals surface area contributed by atoms with Crippen LogP contribution in [0.25, 0.3) is 0 Å². The van der Waals surface area contributed by atoms with Gasteiger partial charge in [-0.3, -0.25) is 4.79 Å². The molecular formula is C12H23NO2. The molecule has 2 N–H and O–H groups in total. The van der Waals surface area contributed by atoms with Crippen molar-refractivity contribution in [3.63, 3.8) is 0 Å². The van der Waals surface area contributed by atoms with Gasteiger partial charge in [0.05, 0.1) is 6.10 Å². The summed E-state index contributed by atoms with van der Waals surface area (Å²) in [5.74, 6) is 0.281. The first-order valence-corrected chi connectivity index (χ1v) is 5.86. The fourth-order valence-electron chi connectivity index (χ4n) is 2.05. The normalized spacial score (nSPS) is 23.5. The van der Waals surface area contributed by atoms with Crippen molar-refractivity contribution in [2.75, 3.05) is 6.54 Å². The summed E-state index contributed by atoms with van der Waals surface area (Å²) in [7, 11) is 0. The van der Waals surface area contributed by atoms with Crippen LogP contribution in [0, 0.1) is 11.3 Å². The largest absolute Gasteiger partial charge is 0.392 e. The molecule has 0 radical (unpaired) electrons. The molecule has 1 atom stereocenters. The smallest absolute Gasteiger partial charge is 0.223 e. The number of aliphatic hydroxyl groups excluding tert-OH is 1. The zero-order valence-corrected chi connectivity index (χ0v) is 10.0. The molecule has 1 aliphatic carbocycles. The molecule has 0 aromatic carbocycles. The van der Waals surface area contributed by atoms with E-state index in [2.05, 4.69) is 19.2 Å². The van der Waals surface area contributed by atoms with Crippen molar-refractivity contribution in [2.45, 2.75) is 52.6 Å². The van der Waals surface area contributed by atoms with Gasteiger partial charge in [-0.15, -0.1) is 0 Å². The van der Waals surface area contributed by atoms with Crippen LogP contribution in [0.5, 0.6) is 0 Å². The minimum Gasteiger partial charge on any atom is -0.392 e. The Bertz CT molecular complexity index is 214. The van der Waals surface area contributed by atoms with Crippen LogP contribution in [-0.2, 0) is 4.79 Å². The Hall–Kier alpha value is -0.570. The number of hydrogen-bond donors (Lipinski definition) is 2. The summed E-state index contributed by atoms with van der Waals surface area (Å²) in [6.07, 6.45) is 3.77. The highest BCUT2D eigenvalue weighted by atomic mass is 16.3. The summed E-state index contributed by atoms with van der Waals surface area (Å²) in [5, 5.41) is 11.9. The number of carbonyl (C=O) groups is 1. The maximum atomic E-state index is 11.7. The van der Waals surface area contributed by atoms with E-state index in [-0.39, 0.29) is 11.8 Å². The lowest BCUT2D eigenvalue weighted by molar-refractivity contribution is -0.127. The third-order valence-electron chi connectivity index (χ3n) is 3.28. The van der Waals surface area contributed by atoms with Gasteiger partial charge in [-0.2, -0.15) is 0 Å². The van der Waals surface area contributed by atoms with E-state index in [4.69, 9.17) is 5.11 Å². The summed E-state index contributed by atoms with van der Waals surface area (Å²) in [6.45, 7) is 6.58. The molecule has 1 aliphatic rings. The predicted molar refractivity (Wildman–Crippen MR) is 60.4 cm³/mol. The van der Waals surface area contributed by atoms with Gasteiger partial charge in [0.15, 0.2) is 0 Å². The van der Waals surface area contributed by atoms with Crippen molar-refractivity contribution in [1.82, 2.24) is 5.32 Å². The number of nitrogens with one attached hydrogen (secondary N) is 1. The van der Waals surface area contributed by atoms with E-state index in [0.717, 1.165) is 25.7 Å². The minimum atomic E-state index is -0.450. The summed E-state index contributed by atoms with van der Waals surface area (Å²) in [4.78, 5) is 11.7. The molecule has 0 aliphatic heterocycles. The molecule has 1 amide bonds. The van der Waals surface area contributed by atoms with Crippen molar-refractivity contribution in [1.29, 1.82) is 0 Å². The Morgan fingerprint density at radius 2 is 2.00 bits per heavy atom. The summed E-state index contributed by atoms with van der Waals surface area (Å²) in [5.41, 5.74) is 0.404. The van der Waals surface area contributed by atoms with Crippen molar-refractivity contribution in [3.8, 4) is 0 Å². The molecule has 3 heteroatoms. The first kappa shape index (κ1) is 12.5. The van der Waals surface area contributed by atoms with Crippen LogP contribution in [0.1, 0.15) is 46.5 Å². The average Bonchev–Trinajstić information content (AvgIpc) is 2.14. The number of rotatable bonds is 3. The molecule has 3 nitrogen and oxygen atoms in total. The van der Waals surface area contributed by atoms with Crippen LogP contribution >= 0.6 is 0 Å². The molecule has 0 spiro atoms. The van der Waals surface area contributed by atoms with Crippen LogP contribution in [-0.4, -0.2) is 23.7 Å². The van der Waals surface area contributed by atoms with E-state index >= 15 is 0 Å². The van der Waals surface area contributed by atoms with Gasteiger partial charge in [0.2, 0.25) is 5.91 Å². The zero-order valence-electron chi connectivity index (χ0n) is 10.0. The second kappa shape index (κ2) is 4.97. The summed E-state index contributed by atoms with van der Waals surface area (Å²) >= 11 is 0. The Kier molecular flexibility index (Phi) is 4.14. The topological polar surface area (TPSA) is 49.3 Å². The van der Waals surface area contributed by atoms with Gasteiger partial charge in [-0.05, 0) is 38.0 Å². The highest BCUT2D eigenvalue weighted by Crippen LogP contribution is 2.37. The average molecular weight is 213 g/mol. The predicted octanol–water partition coefficient (Wildman–Crippen LogP) is 1.70. The van der Waals surface area contributed by atoms with Crippen LogP contribution in [0.3, 0.4) is 0 Å². The van der Waals surface area contributed by atoms with Crippen LogP contribution in [0.2, 0.25) is 0 Å². The fraction of sp³-hybridized carbons (Fsp3) is 0.917. The minimum absolute atomic E-state index is 0.117. The summed E-state index contributed by atoms with van der Waals surface area (Å²) < 4.78 is 0. The van der Waals surface area contributed by atoms with Gasteiger partial charge in [0, 0.05) is 12.5 Å². The number of aliphatic hydroxyl groups is 1. The lowest BCUT2D eigenvalue weighted by atomic mass is 9.73. The molecule has 1 rings (SSSR count). The molecule has 88 valence electrons.